The molecule has 0 saturated heterocycles. The van der Waals surface area contributed by atoms with Gasteiger partial charge in [-0.25, -0.2) is 4.79 Å². The SMILES string of the molecule is CCOC(=O)C1(NC(=O)CCCSc2ccccc2)CCCC1. The van der Waals surface area contributed by atoms with Gasteiger partial charge in [-0.2, -0.15) is 0 Å². The van der Waals surface area contributed by atoms with Gasteiger partial charge in [-0.3, -0.25) is 4.79 Å². The van der Waals surface area contributed by atoms with E-state index in [4.69, 9.17) is 4.74 Å². The molecule has 0 spiro atoms. The number of nitrogens with one attached hydrogen (secondary N) is 1. The Hall–Kier alpha value is -1.49. The minimum atomic E-state index is -0.778. The number of hydrogen-bond donors (Lipinski definition) is 1. The van der Waals surface area contributed by atoms with Crippen molar-refractivity contribution >= 4 is 23.6 Å². The van der Waals surface area contributed by atoms with Crippen LogP contribution in [0.5, 0.6) is 0 Å². The van der Waals surface area contributed by atoms with Crippen LogP contribution in [0.25, 0.3) is 0 Å². The van der Waals surface area contributed by atoms with Crippen LogP contribution >= 0.6 is 11.8 Å². The summed E-state index contributed by atoms with van der Waals surface area (Å²) >= 11 is 1.75. The Kier molecular flexibility index (Phi) is 6.96. The molecule has 1 aromatic carbocycles. The Morgan fingerprint density at radius 2 is 1.91 bits per heavy atom. The molecule has 0 radical (unpaired) electrons. The molecule has 23 heavy (non-hydrogen) atoms. The molecule has 0 heterocycles. The summed E-state index contributed by atoms with van der Waals surface area (Å²) in [4.78, 5) is 25.6. The number of thioether (sulfide) groups is 1. The van der Waals surface area contributed by atoms with E-state index in [9.17, 15) is 9.59 Å². The summed E-state index contributed by atoms with van der Waals surface area (Å²) in [6, 6.07) is 10.2. The Morgan fingerprint density at radius 1 is 1.22 bits per heavy atom. The first kappa shape index (κ1) is 17.9. The fourth-order valence-electron chi connectivity index (χ4n) is 2.90. The summed E-state index contributed by atoms with van der Waals surface area (Å²) < 4.78 is 5.16. The van der Waals surface area contributed by atoms with Crippen molar-refractivity contribution in [1.82, 2.24) is 5.32 Å². The first-order chi connectivity index (χ1) is 11.2. The fourth-order valence-corrected chi connectivity index (χ4v) is 3.77. The summed E-state index contributed by atoms with van der Waals surface area (Å²) in [5.74, 6) is 0.572. The topological polar surface area (TPSA) is 55.4 Å². The molecule has 0 aromatic heterocycles. The van der Waals surface area contributed by atoms with Crippen molar-refractivity contribution in [1.29, 1.82) is 0 Å². The monoisotopic (exact) mass is 335 g/mol. The van der Waals surface area contributed by atoms with E-state index in [1.165, 1.54) is 4.90 Å². The zero-order chi connectivity index (χ0) is 16.5. The summed E-state index contributed by atoms with van der Waals surface area (Å²) in [6.07, 6.45) is 4.55. The maximum absolute atomic E-state index is 12.2. The predicted octanol–water partition coefficient (Wildman–Crippen LogP) is 3.55. The van der Waals surface area contributed by atoms with Crippen LogP contribution in [0.4, 0.5) is 0 Å². The van der Waals surface area contributed by atoms with Crippen molar-refractivity contribution in [3.8, 4) is 0 Å². The molecule has 1 amide bonds. The summed E-state index contributed by atoms with van der Waals surface area (Å²) in [6.45, 7) is 2.15. The molecule has 1 N–H and O–H groups in total. The number of ether oxygens (including phenoxy) is 1. The summed E-state index contributed by atoms with van der Waals surface area (Å²) in [7, 11) is 0. The molecule has 0 bridgehead atoms. The average molecular weight is 335 g/mol. The number of rotatable bonds is 8. The highest BCUT2D eigenvalue weighted by atomic mass is 32.2. The quantitative estimate of drug-likeness (QED) is 0.448. The van der Waals surface area contributed by atoms with Crippen molar-refractivity contribution in [2.75, 3.05) is 12.4 Å². The highest BCUT2D eigenvalue weighted by Gasteiger charge is 2.43. The highest BCUT2D eigenvalue weighted by Crippen LogP contribution is 2.31. The molecule has 2 rings (SSSR count). The van der Waals surface area contributed by atoms with Crippen LogP contribution in [-0.4, -0.2) is 29.8 Å². The summed E-state index contributed by atoms with van der Waals surface area (Å²) in [5.41, 5.74) is -0.778. The molecule has 4 nitrogen and oxygen atoms in total. The van der Waals surface area contributed by atoms with Crippen LogP contribution < -0.4 is 5.32 Å². The number of hydrogen-bond acceptors (Lipinski definition) is 4. The second-order valence-electron chi connectivity index (χ2n) is 5.82. The minimum absolute atomic E-state index is 0.0476. The molecule has 1 aliphatic rings. The van der Waals surface area contributed by atoms with E-state index in [0.717, 1.165) is 25.0 Å². The fraction of sp³-hybridized carbons (Fsp3) is 0.556. The maximum atomic E-state index is 12.2. The van der Waals surface area contributed by atoms with Crippen molar-refractivity contribution in [2.45, 2.75) is 55.9 Å². The largest absolute Gasteiger partial charge is 0.464 e. The van der Waals surface area contributed by atoms with Gasteiger partial charge in [0.2, 0.25) is 5.91 Å². The second-order valence-corrected chi connectivity index (χ2v) is 6.99. The van der Waals surface area contributed by atoms with E-state index < -0.39 is 5.54 Å². The molecule has 1 aromatic rings. The van der Waals surface area contributed by atoms with Crippen molar-refractivity contribution in [2.24, 2.45) is 0 Å². The Morgan fingerprint density at radius 3 is 2.57 bits per heavy atom. The first-order valence-corrected chi connectivity index (χ1v) is 9.31. The standard InChI is InChI=1S/C18H25NO3S/c1-2-22-17(21)18(12-6-7-13-18)19-16(20)11-8-14-23-15-9-4-3-5-10-15/h3-5,9-10H,2,6-8,11-14H2,1H3,(H,19,20). The van der Waals surface area contributed by atoms with Gasteiger partial charge in [0.25, 0.3) is 0 Å². The van der Waals surface area contributed by atoms with E-state index in [0.29, 0.717) is 25.9 Å². The Labute approximate surface area is 142 Å². The van der Waals surface area contributed by atoms with Gasteiger partial charge in [-0.1, -0.05) is 31.0 Å². The molecule has 0 unspecified atom stereocenters. The van der Waals surface area contributed by atoms with Gasteiger partial charge in [0, 0.05) is 11.3 Å². The molecule has 0 aliphatic heterocycles. The van der Waals surface area contributed by atoms with Crippen molar-refractivity contribution in [3.63, 3.8) is 0 Å². The third-order valence-electron chi connectivity index (χ3n) is 4.06. The molecule has 1 saturated carbocycles. The van der Waals surface area contributed by atoms with Crippen LogP contribution in [0, 0.1) is 0 Å². The van der Waals surface area contributed by atoms with Gasteiger partial charge in [0.1, 0.15) is 5.54 Å². The van der Waals surface area contributed by atoms with Crippen LogP contribution in [0.3, 0.4) is 0 Å². The molecule has 0 atom stereocenters. The van der Waals surface area contributed by atoms with Crippen LogP contribution in [-0.2, 0) is 14.3 Å². The average Bonchev–Trinajstić information content (AvgIpc) is 3.02. The second kappa shape index (κ2) is 8.96. The smallest absolute Gasteiger partial charge is 0.331 e. The third-order valence-corrected chi connectivity index (χ3v) is 5.16. The van der Waals surface area contributed by atoms with Gasteiger partial charge in [0.15, 0.2) is 0 Å². The lowest BCUT2D eigenvalue weighted by Gasteiger charge is -2.27. The lowest BCUT2D eigenvalue weighted by atomic mass is 9.97. The number of carbonyl (C=O) groups is 2. The summed E-state index contributed by atoms with van der Waals surface area (Å²) in [5, 5.41) is 2.95. The van der Waals surface area contributed by atoms with Crippen LogP contribution in [0.2, 0.25) is 0 Å². The molecular weight excluding hydrogens is 310 g/mol. The molecule has 126 valence electrons. The minimum Gasteiger partial charge on any atom is -0.464 e. The number of carbonyl (C=O) groups excluding carboxylic acids is 2. The van der Waals surface area contributed by atoms with Gasteiger partial charge >= 0.3 is 5.97 Å². The molecular formula is C18H25NO3S. The zero-order valence-corrected chi connectivity index (χ0v) is 14.5. The van der Waals surface area contributed by atoms with E-state index in [2.05, 4.69) is 17.4 Å². The van der Waals surface area contributed by atoms with Gasteiger partial charge in [0.05, 0.1) is 6.61 Å². The molecule has 5 heteroatoms. The number of benzene rings is 1. The van der Waals surface area contributed by atoms with Gasteiger partial charge in [-0.05, 0) is 44.1 Å². The van der Waals surface area contributed by atoms with Crippen LogP contribution in [0.15, 0.2) is 35.2 Å². The molecule has 1 aliphatic carbocycles. The van der Waals surface area contributed by atoms with E-state index in [-0.39, 0.29) is 11.9 Å². The van der Waals surface area contributed by atoms with Crippen LogP contribution in [0.1, 0.15) is 45.4 Å². The first-order valence-electron chi connectivity index (χ1n) is 8.32. The van der Waals surface area contributed by atoms with Gasteiger partial charge < -0.3 is 10.1 Å². The highest BCUT2D eigenvalue weighted by molar-refractivity contribution is 7.99. The lowest BCUT2D eigenvalue weighted by Crippen LogP contribution is -2.53. The number of amides is 1. The van der Waals surface area contributed by atoms with Gasteiger partial charge in [-0.15, -0.1) is 11.8 Å². The molecule has 1 fully saturated rings. The van der Waals surface area contributed by atoms with Crippen molar-refractivity contribution in [3.05, 3.63) is 30.3 Å². The Bertz CT molecular complexity index is 512. The predicted molar refractivity (Wildman–Crippen MR) is 92.4 cm³/mol. The maximum Gasteiger partial charge on any atom is 0.331 e. The lowest BCUT2D eigenvalue weighted by molar-refractivity contribution is -0.153. The van der Waals surface area contributed by atoms with E-state index in [1.807, 2.05) is 18.2 Å². The normalized spacial score (nSPS) is 16.0. The van der Waals surface area contributed by atoms with E-state index in [1.54, 1.807) is 18.7 Å². The number of esters is 1. The Balaban J connectivity index is 1.75. The van der Waals surface area contributed by atoms with E-state index >= 15 is 0 Å². The third kappa shape index (κ3) is 5.27. The van der Waals surface area contributed by atoms with Crippen molar-refractivity contribution < 1.29 is 14.3 Å². The zero-order valence-electron chi connectivity index (χ0n) is 13.7.